The van der Waals surface area contributed by atoms with Crippen molar-refractivity contribution in [3.05, 3.63) is 40.1 Å². The van der Waals surface area contributed by atoms with Gasteiger partial charge in [-0.05, 0) is 24.1 Å². The first-order chi connectivity index (χ1) is 9.41. The van der Waals surface area contributed by atoms with Gasteiger partial charge < -0.3 is 4.57 Å². The minimum atomic E-state index is -3.88. The van der Waals surface area contributed by atoms with Gasteiger partial charge in [-0.1, -0.05) is 35.0 Å². The summed E-state index contributed by atoms with van der Waals surface area (Å²) < 4.78 is 25.5. The number of rotatable bonds is 5. The van der Waals surface area contributed by atoms with Crippen LogP contribution in [0.5, 0.6) is 0 Å². The second kappa shape index (κ2) is 6.24. The van der Waals surface area contributed by atoms with Crippen LogP contribution in [0, 0.1) is 0 Å². The van der Waals surface area contributed by atoms with Gasteiger partial charge in [-0.15, -0.1) is 10.2 Å². The quantitative estimate of drug-likeness (QED) is 0.750. The zero-order valence-corrected chi connectivity index (χ0v) is 13.9. The molecule has 0 spiro atoms. The largest absolute Gasteiger partial charge is 0.301 e. The molecule has 1 heterocycles. The van der Waals surface area contributed by atoms with E-state index in [0.29, 0.717) is 18.8 Å². The maximum Gasteiger partial charge on any atom is 0.296 e. The summed E-state index contributed by atoms with van der Waals surface area (Å²) in [5, 5.41) is 7.47. The fourth-order valence-electron chi connectivity index (χ4n) is 1.86. The van der Waals surface area contributed by atoms with E-state index < -0.39 is 9.05 Å². The third kappa shape index (κ3) is 3.59. The highest BCUT2D eigenvalue weighted by atomic mass is 79.9. The van der Waals surface area contributed by atoms with Gasteiger partial charge in [0.2, 0.25) is 0 Å². The Morgan fingerprint density at radius 1 is 1.25 bits per heavy atom. The molecule has 2 rings (SSSR count). The number of hydrogen-bond acceptors (Lipinski definition) is 4. The maximum absolute atomic E-state index is 11.5. The first kappa shape index (κ1) is 15.5. The van der Waals surface area contributed by atoms with E-state index in [1.807, 2.05) is 31.2 Å². The van der Waals surface area contributed by atoms with Gasteiger partial charge in [0.15, 0.2) is 0 Å². The van der Waals surface area contributed by atoms with Gasteiger partial charge in [0.05, 0.1) is 0 Å². The molecule has 0 aliphatic carbocycles. The Balaban J connectivity index is 2.37. The van der Waals surface area contributed by atoms with Crippen LogP contribution in [-0.4, -0.2) is 23.2 Å². The van der Waals surface area contributed by atoms with Gasteiger partial charge in [0.25, 0.3) is 14.2 Å². The number of benzene rings is 1. The van der Waals surface area contributed by atoms with E-state index >= 15 is 0 Å². The fraction of sp³-hybridized carbons (Fsp3) is 0.333. The van der Waals surface area contributed by atoms with Gasteiger partial charge in [-0.3, -0.25) is 0 Å². The van der Waals surface area contributed by atoms with Crippen LogP contribution in [0.2, 0.25) is 0 Å². The average molecular weight is 379 g/mol. The van der Waals surface area contributed by atoms with Crippen molar-refractivity contribution in [2.75, 3.05) is 0 Å². The molecule has 0 saturated heterocycles. The molecular formula is C12H13BrClN3O2S. The lowest BCUT2D eigenvalue weighted by Crippen LogP contribution is -2.10. The van der Waals surface area contributed by atoms with Crippen molar-refractivity contribution in [2.24, 2.45) is 0 Å². The molecule has 0 fully saturated rings. The zero-order chi connectivity index (χ0) is 14.8. The van der Waals surface area contributed by atoms with Crippen LogP contribution in [0.15, 0.2) is 33.9 Å². The van der Waals surface area contributed by atoms with Crippen molar-refractivity contribution in [3.63, 3.8) is 0 Å². The van der Waals surface area contributed by atoms with Crippen LogP contribution in [-0.2, 0) is 22.0 Å². The van der Waals surface area contributed by atoms with E-state index in [4.69, 9.17) is 10.7 Å². The summed E-state index contributed by atoms with van der Waals surface area (Å²) in [5.74, 6) is 0.591. The van der Waals surface area contributed by atoms with Crippen molar-refractivity contribution in [1.82, 2.24) is 14.8 Å². The lowest BCUT2D eigenvalue weighted by Gasteiger charge is -2.07. The molecule has 1 aromatic carbocycles. The second-order valence-corrected chi connectivity index (χ2v) is 7.67. The standard InChI is InChI=1S/C12H13BrClN3O2S/c1-2-7-17-11(15-16-12(17)20(14,18)19)8-9-3-5-10(13)6-4-9/h3-6H,2,7-8H2,1H3. The summed E-state index contributed by atoms with van der Waals surface area (Å²) in [6.45, 7) is 2.47. The Kier molecular flexibility index (Phi) is 4.82. The maximum atomic E-state index is 11.5. The highest BCUT2D eigenvalue weighted by Gasteiger charge is 2.22. The van der Waals surface area contributed by atoms with Crippen molar-refractivity contribution in [1.29, 1.82) is 0 Å². The van der Waals surface area contributed by atoms with E-state index in [1.54, 1.807) is 4.57 Å². The predicted molar refractivity (Wildman–Crippen MR) is 80.3 cm³/mol. The highest BCUT2D eigenvalue weighted by molar-refractivity contribution is 9.10. The summed E-state index contributed by atoms with van der Waals surface area (Å²) >= 11 is 3.37. The van der Waals surface area contributed by atoms with E-state index in [0.717, 1.165) is 16.5 Å². The van der Waals surface area contributed by atoms with Crippen LogP contribution >= 0.6 is 26.6 Å². The van der Waals surface area contributed by atoms with Crippen LogP contribution < -0.4 is 0 Å². The van der Waals surface area contributed by atoms with E-state index in [9.17, 15) is 8.42 Å². The number of halogens is 2. The fourth-order valence-corrected chi connectivity index (χ4v) is 3.07. The van der Waals surface area contributed by atoms with Crippen molar-refractivity contribution < 1.29 is 8.42 Å². The monoisotopic (exact) mass is 377 g/mol. The third-order valence-electron chi connectivity index (χ3n) is 2.73. The Morgan fingerprint density at radius 3 is 2.45 bits per heavy atom. The molecule has 5 nitrogen and oxygen atoms in total. The summed E-state index contributed by atoms with van der Waals surface area (Å²) in [6, 6.07) is 7.75. The van der Waals surface area contributed by atoms with Crippen LogP contribution in [0.1, 0.15) is 24.7 Å². The Morgan fingerprint density at radius 2 is 1.90 bits per heavy atom. The molecule has 8 heteroatoms. The SMILES string of the molecule is CCCn1c(Cc2ccc(Br)cc2)nnc1S(=O)(=O)Cl. The molecule has 1 aromatic heterocycles. The molecular weight excluding hydrogens is 366 g/mol. The van der Waals surface area contributed by atoms with Gasteiger partial charge in [0.1, 0.15) is 5.82 Å². The highest BCUT2D eigenvalue weighted by Crippen LogP contribution is 2.18. The first-order valence-corrected chi connectivity index (χ1v) is 9.13. The predicted octanol–water partition coefficient (Wildman–Crippen LogP) is 2.97. The number of nitrogens with zero attached hydrogens (tertiary/aromatic N) is 3. The zero-order valence-electron chi connectivity index (χ0n) is 10.8. The Bertz CT molecular complexity index is 698. The van der Waals surface area contributed by atoms with Crippen LogP contribution in [0.3, 0.4) is 0 Å². The topological polar surface area (TPSA) is 64.8 Å². The third-order valence-corrected chi connectivity index (χ3v) is 4.42. The molecule has 0 bridgehead atoms. The van der Waals surface area contributed by atoms with E-state index in [2.05, 4.69) is 26.1 Å². The summed E-state index contributed by atoms with van der Waals surface area (Å²) in [6.07, 6.45) is 1.28. The first-order valence-electron chi connectivity index (χ1n) is 6.03. The smallest absolute Gasteiger partial charge is 0.296 e. The Labute approximate surface area is 130 Å². The molecule has 2 aromatic rings. The van der Waals surface area contributed by atoms with E-state index in [1.165, 1.54) is 0 Å². The summed E-state index contributed by atoms with van der Waals surface area (Å²) in [5.41, 5.74) is 1.02. The van der Waals surface area contributed by atoms with Crippen molar-refractivity contribution in [2.45, 2.75) is 31.5 Å². The number of aromatic nitrogens is 3. The molecule has 0 N–H and O–H groups in total. The Hall–Kier alpha value is -0.920. The molecule has 0 amide bonds. The normalized spacial score (nSPS) is 11.8. The van der Waals surface area contributed by atoms with Crippen LogP contribution in [0.4, 0.5) is 0 Å². The molecule has 0 radical (unpaired) electrons. The minimum Gasteiger partial charge on any atom is -0.301 e. The number of hydrogen-bond donors (Lipinski definition) is 0. The average Bonchev–Trinajstić information content (AvgIpc) is 2.76. The molecule has 0 saturated carbocycles. The minimum absolute atomic E-state index is 0.187. The van der Waals surface area contributed by atoms with Gasteiger partial charge in [0, 0.05) is 28.1 Å². The van der Waals surface area contributed by atoms with Gasteiger partial charge in [-0.2, -0.15) is 0 Å². The molecule has 0 atom stereocenters. The van der Waals surface area contributed by atoms with Gasteiger partial charge in [-0.25, -0.2) is 8.42 Å². The molecule has 20 heavy (non-hydrogen) atoms. The van der Waals surface area contributed by atoms with Gasteiger partial charge >= 0.3 is 0 Å². The van der Waals surface area contributed by atoms with Crippen molar-refractivity contribution >= 4 is 35.7 Å². The molecule has 0 aliphatic rings. The summed E-state index contributed by atoms with van der Waals surface area (Å²) in [7, 11) is 1.50. The summed E-state index contributed by atoms with van der Waals surface area (Å²) in [4.78, 5) is 0. The molecule has 108 valence electrons. The van der Waals surface area contributed by atoms with E-state index in [-0.39, 0.29) is 5.16 Å². The molecule has 0 aliphatic heterocycles. The lowest BCUT2D eigenvalue weighted by molar-refractivity contribution is 0.558. The second-order valence-electron chi connectivity index (χ2n) is 4.29. The van der Waals surface area contributed by atoms with Crippen molar-refractivity contribution in [3.8, 4) is 0 Å². The lowest BCUT2D eigenvalue weighted by atomic mass is 10.1. The molecule has 0 unspecified atom stereocenters. The van der Waals surface area contributed by atoms with Crippen LogP contribution in [0.25, 0.3) is 0 Å².